The highest BCUT2D eigenvalue weighted by atomic mass is 16.6. The number of hydrogen-bond acceptors (Lipinski definition) is 5. The zero-order valence-electron chi connectivity index (χ0n) is 9.04. The molecule has 1 aromatic rings. The number of aromatic nitrogens is 2. The average Bonchev–Trinajstić information content (AvgIpc) is 2.80. The molecule has 0 aliphatic carbocycles. The van der Waals surface area contributed by atoms with E-state index in [4.69, 9.17) is 0 Å². The normalized spacial score (nSPS) is 19.4. The Morgan fingerprint density at radius 3 is 2.88 bits per heavy atom. The SMILES string of the molecule is CC(O)(CN1CC1)Cn1ccnc1[N+](=O)[O-]. The van der Waals surface area contributed by atoms with Gasteiger partial charge in [0.1, 0.15) is 24.5 Å². The van der Waals surface area contributed by atoms with E-state index in [1.807, 2.05) is 0 Å². The molecule has 1 aliphatic rings. The monoisotopic (exact) mass is 226 g/mol. The van der Waals surface area contributed by atoms with Crippen molar-refractivity contribution >= 4 is 5.95 Å². The molecular weight excluding hydrogens is 212 g/mol. The molecule has 1 saturated heterocycles. The minimum Gasteiger partial charge on any atom is -0.390 e. The standard InChI is InChI=1S/C9H14N4O3/c1-9(14,6-11-4-5-11)7-12-3-2-10-8(12)13(15)16/h2-3,14H,4-7H2,1H3. The lowest BCUT2D eigenvalue weighted by Crippen LogP contribution is -2.38. The van der Waals surface area contributed by atoms with Gasteiger partial charge < -0.3 is 15.2 Å². The van der Waals surface area contributed by atoms with Gasteiger partial charge in [-0.1, -0.05) is 4.98 Å². The third-order valence-corrected chi connectivity index (χ3v) is 2.47. The maximum atomic E-state index is 10.6. The Kier molecular flexibility index (Phi) is 2.64. The summed E-state index contributed by atoms with van der Waals surface area (Å²) in [6, 6.07) is 0. The predicted molar refractivity (Wildman–Crippen MR) is 55.9 cm³/mol. The lowest BCUT2D eigenvalue weighted by atomic mass is 10.1. The van der Waals surface area contributed by atoms with Gasteiger partial charge in [0, 0.05) is 19.6 Å². The summed E-state index contributed by atoms with van der Waals surface area (Å²) >= 11 is 0. The lowest BCUT2D eigenvalue weighted by Gasteiger charge is -2.22. The highest BCUT2D eigenvalue weighted by Crippen LogP contribution is 2.17. The summed E-state index contributed by atoms with van der Waals surface area (Å²) < 4.78 is 1.36. The third-order valence-electron chi connectivity index (χ3n) is 2.47. The Labute approximate surface area is 92.5 Å². The van der Waals surface area contributed by atoms with Crippen molar-refractivity contribution in [2.45, 2.75) is 19.1 Å². The second-order valence-electron chi connectivity index (χ2n) is 4.39. The molecule has 1 atom stereocenters. The minimum atomic E-state index is -0.970. The molecule has 0 saturated carbocycles. The van der Waals surface area contributed by atoms with Gasteiger partial charge in [-0.3, -0.25) is 4.90 Å². The molecule has 0 amide bonds. The largest absolute Gasteiger partial charge is 0.434 e. The Morgan fingerprint density at radius 1 is 1.62 bits per heavy atom. The quantitative estimate of drug-likeness (QED) is 0.429. The molecule has 1 unspecified atom stereocenters. The van der Waals surface area contributed by atoms with E-state index < -0.39 is 10.5 Å². The van der Waals surface area contributed by atoms with E-state index in [0.29, 0.717) is 6.54 Å². The van der Waals surface area contributed by atoms with Crippen LogP contribution in [0.2, 0.25) is 0 Å². The maximum absolute atomic E-state index is 10.6. The Bertz CT molecular complexity index is 397. The minimum absolute atomic E-state index is 0.180. The molecule has 2 rings (SSSR count). The van der Waals surface area contributed by atoms with E-state index >= 15 is 0 Å². The van der Waals surface area contributed by atoms with Crippen molar-refractivity contribution in [1.82, 2.24) is 14.5 Å². The summed E-state index contributed by atoms with van der Waals surface area (Å²) in [5, 5.41) is 20.7. The van der Waals surface area contributed by atoms with Crippen molar-refractivity contribution in [2.24, 2.45) is 0 Å². The molecule has 16 heavy (non-hydrogen) atoms. The number of nitro groups is 1. The van der Waals surface area contributed by atoms with Crippen molar-refractivity contribution in [3.63, 3.8) is 0 Å². The van der Waals surface area contributed by atoms with E-state index in [2.05, 4.69) is 9.88 Å². The number of rotatable bonds is 5. The fourth-order valence-electron chi connectivity index (χ4n) is 1.72. The maximum Gasteiger partial charge on any atom is 0.434 e. The molecule has 0 spiro atoms. The average molecular weight is 226 g/mol. The van der Waals surface area contributed by atoms with Crippen molar-refractivity contribution in [3.05, 3.63) is 22.5 Å². The van der Waals surface area contributed by atoms with Crippen LogP contribution in [0.25, 0.3) is 0 Å². The molecule has 7 heteroatoms. The molecule has 7 nitrogen and oxygen atoms in total. The van der Waals surface area contributed by atoms with Gasteiger partial charge in [0.05, 0.1) is 0 Å². The summed E-state index contributed by atoms with van der Waals surface area (Å²) in [7, 11) is 0. The van der Waals surface area contributed by atoms with Crippen LogP contribution < -0.4 is 0 Å². The second-order valence-corrected chi connectivity index (χ2v) is 4.39. The molecule has 0 radical (unpaired) electrons. The molecule has 88 valence electrons. The van der Waals surface area contributed by atoms with Crippen molar-refractivity contribution < 1.29 is 10.0 Å². The fraction of sp³-hybridized carbons (Fsp3) is 0.667. The van der Waals surface area contributed by atoms with Gasteiger partial charge in [-0.05, 0) is 11.8 Å². The summed E-state index contributed by atoms with van der Waals surface area (Å²) in [5.41, 5.74) is -0.970. The van der Waals surface area contributed by atoms with Gasteiger partial charge in [-0.2, -0.15) is 0 Å². The lowest BCUT2D eigenvalue weighted by molar-refractivity contribution is -0.397. The summed E-state index contributed by atoms with van der Waals surface area (Å²) in [6.45, 7) is 4.36. The molecule has 1 aromatic heterocycles. The van der Waals surface area contributed by atoms with E-state index in [-0.39, 0.29) is 12.5 Å². The van der Waals surface area contributed by atoms with Crippen molar-refractivity contribution in [2.75, 3.05) is 19.6 Å². The highest BCUT2D eigenvalue weighted by molar-refractivity contribution is 5.07. The molecule has 2 heterocycles. The fourth-order valence-corrected chi connectivity index (χ4v) is 1.72. The summed E-state index contributed by atoms with van der Waals surface area (Å²) in [4.78, 5) is 15.8. The van der Waals surface area contributed by atoms with E-state index in [1.165, 1.54) is 17.0 Å². The molecule has 1 aliphatic heterocycles. The van der Waals surface area contributed by atoms with Gasteiger partial charge in [0.2, 0.25) is 0 Å². The molecule has 0 bridgehead atoms. The van der Waals surface area contributed by atoms with Gasteiger partial charge in [0.25, 0.3) is 0 Å². The predicted octanol–water partition coefficient (Wildman–Crippen LogP) is -0.142. The van der Waals surface area contributed by atoms with Crippen LogP contribution in [0.5, 0.6) is 0 Å². The van der Waals surface area contributed by atoms with Crippen LogP contribution in [0.3, 0.4) is 0 Å². The topological polar surface area (TPSA) is 84.2 Å². The third kappa shape index (κ3) is 2.56. The number of imidazole rings is 1. The first-order chi connectivity index (χ1) is 7.48. The highest BCUT2D eigenvalue weighted by Gasteiger charge is 2.32. The molecular formula is C9H14N4O3. The Balaban J connectivity index is 2.06. The van der Waals surface area contributed by atoms with E-state index in [9.17, 15) is 15.2 Å². The molecule has 1 N–H and O–H groups in total. The van der Waals surface area contributed by atoms with Crippen LogP contribution in [0.4, 0.5) is 5.95 Å². The molecule has 0 aromatic carbocycles. The smallest absolute Gasteiger partial charge is 0.390 e. The van der Waals surface area contributed by atoms with Crippen molar-refractivity contribution in [1.29, 1.82) is 0 Å². The summed E-state index contributed by atoms with van der Waals surface area (Å²) in [5.74, 6) is -0.230. The number of β-amino-alcohol motifs (C(OH)–C–C–N with tert-alkyl or cyclic N) is 1. The second kappa shape index (κ2) is 3.84. The van der Waals surface area contributed by atoms with Crippen LogP contribution in [0, 0.1) is 10.1 Å². The molecule has 1 fully saturated rings. The first-order valence-corrected chi connectivity index (χ1v) is 5.08. The van der Waals surface area contributed by atoms with Gasteiger partial charge in [0.15, 0.2) is 0 Å². The number of aliphatic hydroxyl groups is 1. The first-order valence-electron chi connectivity index (χ1n) is 5.08. The van der Waals surface area contributed by atoms with Gasteiger partial charge >= 0.3 is 5.95 Å². The van der Waals surface area contributed by atoms with Crippen LogP contribution >= 0.6 is 0 Å². The van der Waals surface area contributed by atoms with E-state index in [1.54, 1.807) is 6.92 Å². The van der Waals surface area contributed by atoms with E-state index in [0.717, 1.165) is 13.1 Å². The zero-order valence-corrected chi connectivity index (χ0v) is 9.04. The van der Waals surface area contributed by atoms with Crippen LogP contribution in [-0.4, -0.2) is 49.7 Å². The Morgan fingerprint density at radius 2 is 2.31 bits per heavy atom. The first kappa shape index (κ1) is 11.0. The Hall–Kier alpha value is -1.47. The van der Waals surface area contributed by atoms with Gasteiger partial charge in [-0.25, -0.2) is 4.57 Å². The van der Waals surface area contributed by atoms with Crippen LogP contribution in [0.15, 0.2) is 12.4 Å². The number of hydrogen-bond donors (Lipinski definition) is 1. The number of nitrogens with zero attached hydrogens (tertiary/aromatic N) is 4. The summed E-state index contributed by atoms with van der Waals surface area (Å²) in [6.07, 6.45) is 2.88. The van der Waals surface area contributed by atoms with Crippen molar-refractivity contribution in [3.8, 4) is 0 Å². The van der Waals surface area contributed by atoms with Gasteiger partial charge in [-0.15, -0.1) is 0 Å². The zero-order chi connectivity index (χ0) is 11.8. The van der Waals surface area contributed by atoms with Crippen LogP contribution in [-0.2, 0) is 6.54 Å². The van der Waals surface area contributed by atoms with Crippen LogP contribution in [0.1, 0.15) is 6.92 Å².